The van der Waals surface area contributed by atoms with Gasteiger partial charge in [-0.3, -0.25) is 4.79 Å². The van der Waals surface area contributed by atoms with Crippen molar-refractivity contribution in [1.29, 1.82) is 0 Å². The predicted octanol–water partition coefficient (Wildman–Crippen LogP) is 2.67. The van der Waals surface area contributed by atoms with Crippen molar-refractivity contribution in [3.63, 3.8) is 0 Å². The second kappa shape index (κ2) is 8.54. The summed E-state index contributed by atoms with van der Waals surface area (Å²) in [6.07, 6.45) is 1.18. The van der Waals surface area contributed by atoms with Crippen molar-refractivity contribution in [2.75, 3.05) is 19.7 Å². The normalized spacial score (nSPS) is 16.0. The summed E-state index contributed by atoms with van der Waals surface area (Å²) in [5.41, 5.74) is 0.613. The van der Waals surface area contributed by atoms with E-state index in [-0.39, 0.29) is 16.8 Å². The number of hydrogen-bond donors (Lipinski definition) is 1. The number of hydrogen-bond acceptors (Lipinski definition) is 4. The lowest BCUT2D eigenvalue weighted by molar-refractivity contribution is 0.0924. The zero-order chi connectivity index (χ0) is 19.3. The van der Waals surface area contributed by atoms with E-state index in [2.05, 4.69) is 5.32 Å². The van der Waals surface area contributed by atoms with Crippen molar-refractivity contribution < 1.29 is 17.9 Å². The van der Waals surface area contributed by atoms with Crippen molar-refractivity contribution >= 4 is 15.9 Å². The standard InChI is InChI=1S/C20H24N2O4S/c1-2-26-18-8-10-19(11-9-18)27(24,25)22-14-12-17(13-15-22)21-20(23)16-6-4-3-5-7-16/h3-11,17H,2,12-15H2,1H3,(H,21,23). The van der Waals surface area contributed by atoms with Crippen LogP contribution < -0.4 is 10.1 Å². The van der Waals surface area contributed by atoms with E-state index in [4.69, 9.17) is 4.74 Å². The zero-order valence-corrected chi connectivity index (χ0v) is 16.1. The number of carbonyl (C=O) groups is 1. The van der Waals surface area contributed by atoms with Gasteiger partial charge in [-0.15, -0.1) is 0 Å². The molecule has 2 aromatic carbocycles. The minimum atomic E-state index is -3.53. The monoisotopic (exact) mass is 388 g/mol. The molecule has 1 aliphatic rings. The van der Waals surface area contributed by atoms with Gasteiger partial charge in [-0.2, -0.15) is 4.31 Å². The number of carbonyl (C=O) groups excluding carboxylic acids is 1. The van der Waals surface area contributed by atoms with Gasteiger partial charge in [0.25, 0.3) is 5.91 Å². The molecule has 6 nitrogen and oxygen atoms in total. The Morgan fingerprint density at radius 3 is 2.30 bits per heavy atom. The van der Waals surface area contributed by atoms with Crippen LogP contribution in [0.2, 0.25) is 0 Å². The summed E-state index contributed by atoms with van der Waals surface area (Å²) < 4.78 is 32.4. The Morgan fingerprint density at radius 2 is 1.70 bits per heavy atom. The number of ether oxygens (including phenoxy) is 1. The van der Waals surface area contributed by atoms with Crippen LogP contribution in [0.1, 0.15) is 30.1 Å². The molecule has 0 aliphatic carbocycles. The van der Waals surface area contributed by atoms with Gasteiger partial charge < -0.3 is 10.1 Å². The lowest BCUT2D eigenvalue weighted by atomic mass is 10.1. The van der Waals surface area contributed by atoms with Crippen molar-refractivity contribution in [1.82, 2.24) is 9.62 Å². The molecule has 7 heteroatoms. The third-order valence-electron chi connectivity index (χ3n) is 4.60. The Labute approximate surface area is 160 Å². The molecule has 0 bridgehead atoms. The molecule has 1 saturated heterocycles. The summed E-state index contributed by atoms with van der Waals surface area (Å²) in [6.45, 7) is 3.18. The van der Waals surface area contributed by atoms with E-state index in [1.165, 1.54) is 4.31 Å². The van der Waals surface area contributed by atoms with Crippen molar-refractivity contribution in [2.24, 2.45) is 0 Å². The Morgan fingerprint density at radius 1 is 1.07 bits per heavy atom. The van der Waals surface area contributed by atoms with Gasteiger partial charge >= 0.3 is 0 Å². The first-order valence-corrected chi connectivity index (χ1v) is 10.5. The molecule has 1 fully saturated rings. The second-order valence-electron chi connectivity index (χ2n) is 6.42. The van der Waals surface area contributed by atoms with Gasteiger partial charge in [0.1, 0.15) is 5.75 Å². The molecule has 0 radical (unpaired) electrons. The molecule has 0 spiro atoms. The van der Waals surface area contributed by atoms with Gasteiger partial charge in [0.05, 0.1) is 11.5 Å². The Balaban J connectivity index is 1.58. The fourth-order valence-electron chi connectivity index (χ4n) is 3.12. The van der Waals surface area contributed by atoms with Crippen LogP contribution in [0.5, 0.6) is 5.75 Å². The number of piperidine rings is 1. The van der Waals surface area contributed by atoms with Crippen LogP contribution in [0, 0.1) is 0 Å². The van der Waals surface area contributed by atoms with E-state index in [0.29, 0.717) is 43.9 Å². The summed E-state index contributed by atoms with van der Waals surface area (Å²) in [5, 5.41) is 2.99. The summed E-state index contributed by atoms with van der Waals surface area (Å²) in [4.78, 5) is 12.5. The molecule has 3 rings (SSSR count). The van der Waals surface area contributed by atoms with Gasteiger partial charge in [0.15, 0.2) is 0 Å². The van der Waals surface area contributed by atoms with E-state index in [1.807, 2.05) is 25.1 Å². The maximum absolute atomic E-state index is 12.8. The third-order valence-corrected chi connectivity index (χ3v) is 6.51. The van der Waals surface area contributed by atoms with Gasteiger partial charge in [-0.05, 0) is 56.2 Å². The Bertz CT molecular complexity index is 859. The highest BCUT2D eigenvalue weighted by Gasteiger charge is 2.30. The fraction of sp³-hybridized carbons (Fsp3) is 0.350. The number of amides is 1. The summed E-state index contributed by atoms with van der Waals surface area (Å²) in [6, 6.07) is 15.5. The first kappa shape index (κ1) is 19.4. The van der Waals surface area contributed by atoms with E-state index in [9.17, 15) is 13.2 Å². The Hall–Kier alpha value is -2.38. The minimum Gasteiger partial charge on any atom is -0.494 e. The summed E-state index contributed by atoms with van der Waals surface area (Å²) in [5.74, 6) is 0.530. The maximum Gasteiger partial charge on any atom is 0.251 e. The van der Waals surface area contributed by atoms with E-state index < -0.39 is 10.0 Å². The van der Waals surface area contributed by atoms with Gasteiger partial charge in [0, 0.05) is 24.7 Å². The number of rotatable bonds is 6. The van der Waals surface area contributed by atoms with Gasteiger partial charge in [-0.1, -0.05) is 18.2 Å². The molecular formula is C20H24N2O4S. The number of sulfonamides is 1. The van der Waals surface area contributed by atoms with Crippen LogP contribution in [0.4, 0.5) is 0 Å². The van der Waals surface area contributed by atoms with Crippen LogP contribution in [0.25, 0.3) is 0 Å². The molecule has 27 heavy (non-hydrogen) atoms. The largest absolute Gasteiger partial charge is 0.494 e. The second-order valence-corrected chi connectivity index (χ2v) is 8.36. The quantitative estimate of drug-likeness (QED) is 0.826. The predicted molar refractivity (Wildman–Crippen MR) is 103 cm³/mol. The third kappa shape index (κ3) is 4.67. The molecule has 0 unspecified atom stereocenters. The highest BCUT2D eigenvalue weighted by atomic mass is 32.2. The van der Waals surface area contributed by atoms with Crippen LogP contribution in [-0.4, -0.2) is 44.4 Å². The smallest absolute Gasteiger partial charge is 0.251 e. The molecule has 1 amide bonds. The van der Waals surface area contributed by atoms with Gasteiger partial charge in [0.2, 0.25) is 10.0 Å². The molecule has 0 aromatic heterocycles. The van der Waals surface area contributed by atoms with Crippen LogP contribution >= 0.6 is 0 Å². The van der Waals surface area contributed by atoms with Crippen molar-refractivity contribution in [2.45, 2.75) is 30.7 Å². The highest BCUT2D eigenvalue weighted by Crippen LogP contribution is 2.23. The molecular weight excluding hydrogens is 364 g/mol. The molecule has 144 valence electrons. The molecule has 1 aliphatic heterocycles. The number of benzene rings is 2. The summed E-state index contributed by atoms with van der Waals surface area (Å²) >= 11 is 0. The maximum atomic E-state index is 12.8. The number of nitrogens with one attached hydrogen (secondary N) is 1. The summed E-state index contributed by atoms with van der Waals surface area (Å²) in [7, 11) is -3.53. The van der Waals surface area contributed by atoms with Crippen LogP contribution in [-0.2, 0) is 10.0 Å². The Kier molecular flexibility index (Phi) is 6.13. The molecule has 1 heterocycles. The molecule has 0 saturated carbocycles. The zero-order valence-electron chi connectivity index (χ0n) is 15.3. The lowest BCUT2D eigenvalue weighted by Crippen LogP contribution is -2.46. The topological polar surface area (TPSA) is 75.7 Å². The minimum absolute atomic E-state index is 0.0236. The first-order chi connectivity index (χ1) is 13.0. The van der Waals surface area contributed by atoms with Crippen molar-refractivity contribution in [3.8, 4) is 5.75 Å². The average molecular weight is 388 g/mol. The van der Waals surface area contributed by atoms with Gasteiger partial charge in [-0.25, -0.2) is 8.42 Å². The first-order valence-electron chi connectivity index (χ1n) is 9.09. The fourth-order valence-corrected chi connectivity index (χ4v) is 4.59. The van der Waals surface area contributed by atoms with Crippen LogP contribution in [0.3, 0.4) is 0 Å². The van der Waals surface area contributed by atoms with E-state index >= 15 is 0 Å². The average Bonchev–Trinajstić information content (AvgIpc) is 2.70. The highest BCUT2D eigenvalue weighted by molar-refractivity contribution is 7.89. The van der Waals surface area contributed by atoms with Crippen molar-refractivity contribution in [3.05, 3.63) is 60.2 Å². The SMILES string of the molecule is CCOc1ccc(S(=O)(=O)N2CCC(NC(=O)c3ccccc3)CC2)cc1. The lowest BCUT2D eigenvalue weighted by Gasteiger charge is -2.31. The molecule has 1 N–H and O–H groups in total. The molecule has 2 aromatic rings. The van der Waals surface area contributed by atoms with E-state index in [1.54, 1.807) is 36.4 Å². The van der Waals surface area contributed by atoms with E-state index in [0.717, 1.165) is 0 Å². The number of nitrogens with zero attached hydrogens (tertiary/aromatic N) is 1. The van der Waals surface area contributed by atoms with Crippen LogP contribution in [0.15, 0.2) is 59.5 Å². The molecule has 0 atom stereocenters.